The summed E-state index contributed by atoms with van der Waals surface area (Å²) < 4.78 is 5.63. The first-order chi connectivity index (χ1) is 8.57. The van der Waals surface area contributed by atoms with Crippen molar-refractivity contribution < 1.29 is 14.6 Å². The predicted molar refractivity (Wildman–Crippen MR) is 68.8 cm³/mol. The Bertz CT molecular complexity index is 455. The van der Waals surface area contributed by atoms with Crippen LogP contribution in [0.3, 0.4) is 0 Å². The Kier molecular flexibility index (Phi) is 4.12. The van der Waals surface area contributed by atoms with Crippen LogP contribution in [0.25, 0.3) is 0 Å². The average molecular weight is 290 g/mol. The van der Waals surface area contributed by atoms with Crippen LogP contribution in [-0.4, -0.2) is 30.8 Å². The van der Waals surface area contributed by atoms with Crippen molar-refractivity contribution in [1.29, 1.82) is 0 Å². The van der Waals surface area contributed by atoms with Crippen molar-refractivity contribution >= 4 is 29.1 Å². The molecule has 6 heteroatoms. The molecule has 4 nitrogen and oxygen atoms in total. The molecule has 98 valence electrons. The topological polar surface area (TPSA) is 58.6 Å². The molecule has 0 aromatic heterocycles. The van der Waals surface area contributed by atoms with E-state index in [1.807, 2.05) is 0 Å². The fraction of sp³-hybridized carbons (Fsp3) is 0.417. The molecule has 0 bridgehead atoms. The molecule has 1 saturated heterocycles. The molecule has 0 saturated carbocycles. The molecule has 1 atom stereocenters. The van der Waals surface area contributed by atoms with Crippen LogP contribution in [0, 0.1) is 0 Å². The number of morpholine rings is 1. The fourth-order valence-corrected chi connectivity index (χ4v) is 2.30. The lowest BCUT2D eigenvalue weighted by atomic mass is 9.89. The molecule has 1 amide bonds. The van der Waals surface area contributed by atoms with Crippen molar-refractivity contribution in [1.82, 2.24) is 5.32 Å². The third-order valence-electron chi connectivity index (χ3n) is 3.01. The summed E-state index contributed by atoms with van der Waals surface area (Å²) in [7, 11) is 0. The molecule has 1 fully saturated rings. The normalized spacial score (nSPS) is 23.8. The maximum atomic E-state index is 11.2. The Hall–Kier alpha value is -0.810. The van der Waals surface area contributed by atoms with Gasteiger partial charge in [-0.1, -0.05) is 29.3 Å². The van der Waals surface area contributed by atoms with E-state index in [0.29, 0.717) is 23.0 Å². The Labute approximate surface area is 115 Å². The molecule has 1 aromatic carbocycles. The number of aliphatic hydroxyl groups excluding tert-OH is 1. The molecule has 2 rings (SSSR count). The largest absolute Gasteiger partial charge is 0.396 e. The minimum Gasteiger partial charge on any atom is -0.396 e. The van der Waals surface area contributed by atoms with E-state index in [1.54, 1.807) is 18.2 Å². The van der Waals surface area contributed by atoms with Gasteiger partial charge in [-0.05, 0) is 17.7 Å². The Morgan fingerprint density at radius 3 is 2.72 bits per heavy atom. The second-order valence-corrected chi connectivity index (χ2v) is 4.98. The average Bonchev–Trinajstić information content (AvgIpc) is 2.36. The Balaban J connectivity index is 2.34. The van der Waals surface area contributed by atoms with E-state index in [9.17, 15) is 9.90 Å². The zero-order valence-corrected chi connectivity index (χ0v) is 11.1. The van der Waals surface area contributed by atoms with Gasteiger partial charge in [-0.15, -0.1) is 0 Å². The van der Waals surface area contributed by atoms with Gasteiger partial charge < -0.3 is 15.2 Å². The van der Waals surface area contributed by atoms with E-state index in [2.05, 4.69) is 5.32 Å². The van der Waals surface area contributed by atoms with Crippen LogP contribution >= 0.6 is 23.2 Å². The highest BCUT2D eigenvalue weighted by Gasteiger charge is 2.37. The van der Waals surface area contributed by atoms with Crippen LogP contribution in [0.5, 0.6) is 0 Å². The summed E-state index contributed by atoms with van der Waals surface area (Å²) in [5.41, 5.74) is 0.0580. The summed E-state index contributed by atoms with van der Waals surface area (Å²) in [5, 5.41) is 12.8. The summed E-state index contributed by atoms with van der Waals surface area (Å²) in [4.78, 5) is 11.2. The number of hydrogen-bond acceptors (Lipinski definition) is 3. The fourth-order valence-electron chi connectivity index (χ4n) is 2.00. The van der Waals surface area contributed by atoms with Gasteiger partial charge in [-0.2, -0.15) is 0 Å². The molecular weight excluding hydrogens is 277 g/mol. The standard InChI is InChI=1S/C12H13Cl2NO3/c13-9-2-1-8(5-10(9)14)12(3-4-16)7-15-11(17)6-18-12/h1-2,5,16H,3-4,6-7H2,(H,15,17)/t12-/m0/s1. The number of hydrogen-bond donors (Lipinski definition) is 2. The van der Waals surface area contributed by atoms with Crippen LogP contribution in [0.1, 0.15) is 12.0 Å². The lowest BCUT2D eigenvalue weighted by molar-refractivity contribution is -0.147. The highest BCUT2D eigenvalue weighted by molar-refractivity contribution is 6.42. The van der Waals surface area contributed by atoms with Crippen molar-refractivity contribution in [2.45, 2.75) is 12.0 Å². The third kappa shape index (κ3) is 2.62. The number of aliphatic hydroxyl groups is 1. The van der Waals surface area contributed by atoms with Crippen LogP contribution < -0.4 is 5.32 Å². The number of nitrogens with one attached hydrogen (secondary N) is 1. The van der Waals surface area contributed by atoms with Gasteiger partial charge in [0.1, 0.15) is 12.2 Å². The van der Waals surface area contributed by atoms with Crippen LogP contribution in [0.2, 0.25) is 10.0 Å². The summed E-state index contributed by atoms with van der Waals surface area (Å²) in [6.07, 6.45) is 0.380. The van der Waals surface area contributed by atoms with E-state index >= 15 is 0 Å². The number of benzene rings is 1. The first-order valence-electron chi connectivity index (χ1n) is 5.54. The highest BCUT2D eigenvalue weighted by atomic mass is 35.5. The van der Waals surface area contributed by atoms with Crippen molar-refractivity contribution in [2.24, 2.45) is 0 Å². The Morgan fingerprint density at radius 1 is 1.39 bits per heavy atom. The minimum absolute atomic E-state index is 0.0275. The van der Waals surface area contributed by atoms with Gasteiger partial charge in [0.2, 0.25) is 5.91 Å². The number of carbonyl (C=O) groups is 1. The molecule has 0 spiro atoms. The van der Waals surface area contributed by atoms with Gasteiger partial charge in [-0.25, -0.2) is 0 Å². The monoisotopic (exact) mass is 289 g/mol. The summed E-state index contributed by atoms with van der Waals surface area (Å²) >= 11 is 11.9. The smallest absolute Gasteiger partial charge is 0.246 e. The number of rotatable bonds is 3. The highest BCUT2D eigenvalue weighted by Crippen LogP contribution is 2.34. The van der Waals surface area contributed by atoms with Crippen molar-refractivity contribution in [3.8, 4) is 0 Å². The van der Waals surface area contributed by atoms with E-state index in [-0.39, 0.29) is 19.1 Å². The number of carbonyl (C=O) groups excluding carboxylic acids is 1. The minimum atomic E-state index is -0.739. The maximum absolute atomic E-state index is 11.2. The van der Waals surface area contributed by atoms with Crippen LogP contribution in [-0.2, 0) is 15.1 Å². The van der Waals surface area contributed by atoms with Crippen molar-refractivity contribution in [3.05, 3.63) is 33.8 Å². The zero-order chi connectivity index (χ0) is 13.2. The predicted octanol–water partition coefficient (Wildman–Crippen LogP) is 1.72. The zero-order valence-electron chi connectivity index (χ0n) is 9.58. The second kappa shape index (κ2) is 5.45. The van der Waals surface area contributed by atoms with E-state index in [0.717, 1.165) is 5.56 Å². The van der Waals surface area contributed by atoms with Gasteiger partial charge in [0.15, 0.2) is 0 Å². The maximum Gasteiger partial charge on any atom is 0.246 e. The first-order valence-corrected chi connectivity index (χ1v) is 6.30. The van der Waals surface area contributed by atoms with E-state index in [1.165, 1.54) is 0 Å². The molecule has 1 aliphatic rings. The van der Waals surface area contributed by atoms with Gasteiger partial charge in [0, 0.05) is 13.0 Å². The molecule has 1 aromatic rings. The SMILES string of the molecule is O=C1CO[C@](CCO)(c2ccc(Cl)c(Cl)c2)CN1. The van der Waals surface area contributed by atoms with E-state index in [4.69, 9.17) is 27.9 Å². The molecule has 0 unspecified atom stereocenters. The lowest BCUT2D eigenvalue weighted by Crippen LogP contribution is -2.50. The molecule has 1 aliphatic heterocycles. The quantitative estimate of drug-likeness (QED) is 0.891. The van der Waals surface area contributed by atoms with Crippen molar-refractivity contribution in [3.63, 3.8) is 0 Å². The molecule has 1 heterocycles. The third-order valence-corrected chi connectivity index (χ3v) is 3.75. The molecular formula is C12H13Cl2NO3. The van der Waals surface area contributed by atoms with Gasteiger partial charge >= 0.3 is 0 Å². The van der Waals surface area contributed by atoms with Gasteiger partial charge in [-0.3, -0.25) is 4.79 Å². The van der Waals surface area contributed by atoms with Gasteiger partial charge in [0.05, 0.1) is 16.6 Å². The first kappa shape index (κ1) is 13.6. The summed E-state index contributed by atoms with van der Waals surface area (Å²) in [5.74, 6) is -0.163. The van der Waals surface area contributed by atoms with Gasteiger partial charge in [0.25, 0.3) is 0 Å². The van der Waals surface area contributed by atoms with Crippen LogP contribution in [0.4, 0.5) is 0 Å². The summed E-state index contributed by atoms with van der Waals surface area (Å²) in [6.45, 7) is 0.237. The second-order valence-electron chi connectivity index (χ2n) is 4.16. The van der Waals surface area contributed by atoms with Crippen LogP contribution in [0.15, 0.2) is 18.2 Å². The molecule has 2 N–H and O–H groups in total. The number of halogens is 2. The van der Waals surface area contributed by atoms with E-state index < -0.39 is 5.60 Å². The summed E-state index contributed by atoms with van der Waals surface area (Å²) in [6, 6.07) is 5.18. The Morgan fingerprint density at radius 2 is 2.17 bits per heavy atom. The molecule has 18 heavy (non-hydrogen) atoms. The number of amides is 1. The molecule has 0 aliphatic carbocycles. The van der Waals surface area contributed by atoms with Crippen molar-refractivity contribution in [2.75, 3.05) is 19.8 Å². The molecule has 0 radical (unpaired) electrons. The lowest BCUT2D eigenvalue weighted by Gasteiger charge is -2.37. The number of ether oxygens (including phenoxy) is 1.